The lowest BCUT2D eigenvalue weighted by atomic mass is 9.88. The monoisotopic (exact) mass is 404 g/mol. The van der Waals surface area contributed by atoms with Crippen molar-refractivity contribution in [1.82, 2.24) is 0 Å². The van der Waals surface area contributed by atoms with Crippen molar-refractivity contribution in [2.24, 2.45) is 0 Å². The number of rotatable bonds is 2. The topological polar surface area (TPSA) is 40.5 Å². The van der Waals surface area contributed by atoms with Gasteiger partial charge in [0.1, 0.15) is 17.4 Å². The number of benzene rings is 2. The number of phenols is 2. The zero-order valence-corrected chi connectivity index (χ0v) is 12.8. The van der Waals surface area contributed by atoms with Crippen LogP contribution < -0.4 is 0 Å². The largest absolute Gasteiger partial charge is 0.507 e. The third-order valence-electron chi connectivity index (χ3n) is 3.65. The number of alkyl halides is 9. The maximum absolute atomic E-state index is 13.5. The molecule has 2 N–H and O–H groups in total. The molecule has 2 rings (SSSR count). The Morgan fingerprint density at radius 2 is 0.926 bits per heavy atom. The van der Waals surface area contributed by atoms with Gasteiger partial charge in [-0.15, -0.1) is 0 Å². The summed E-state index contributed by atoms with van der Waals surface area (Å²) in [5.74, 6) is -5.50. The van der Waals surface area contributed by atoms with Gasteiger partial charge in [-0.3, -0.25) is 0 Å². The molecular weight excluding hydrogens is 395 g/mol. The second-order valence-corrected chi connectivity index (χ2v) is 5.52. The Hall–Kier alpha value is -2.59. The van der Waals surface area contributed by atoms with Crippen molar-refractivity contribution in [2.75, 3.05) is 0 Å². The minimum atomic E-state index is -5.25. The zero-order chi connectivity index (χ0) is 20.8. The molecule has 0 saturated heterocycles. The summed E-state index contributed by atoms with van der Waals surface area (Å²) in [6.07, 6.45) is -15.6. The summed E-state index contributed by atoms with van der Waals surface area (Å²) in [7, 11) is 0. The third kappa shape index (κ3) is 4.40. The number of phenolic OH excluding ortho intramolecular Hbond substituents is 2. The average Bonchev–Trinajstić information content (AvgIpc) is 2.47. The first-order valence-corrected chi connectivity index (χ1v) is 6.99. The molecule has 27 heavy (non-hydrogen) atoms. The predicted octanol–water partition coefficient (Wildman–Crippen LogP) is 5.83. The Morgan fingerprint density at radius 1 is 0.593 bits per heavy atom. The summed E-state index contributed by atoms with van der Waals surface area (Å²) in [6.45, 7) is 0. The van der Waals surface area contributed by atoms with E-state index in [0.29, 0.717) is 24.3 Å². The van der Waals surface area contributed by atoms with Gasteiger partial charge in [0.2, 0.25) is 0 Å². The number of hydrogen-bond acceptors (Lipinski definition) is 2. The normalized spacial score (nSPS) is 13.3. The Bertz CT molecular complexity index is 772. The van der Waals surface area contributed by atoms with Crippen molar-refractivity contribution in [3.05, 3.63) is 58.7 Å². The van der Waals surface area contributed by atoms with Crippen LogP contribution in [-0.4, -0.2) is 16.4 Å². The highest BCUT2D eigenvalue weighted by Gasteiger charge is 2.45. The van der Waals surface area contributed by atoms with E-state index in [1.165, 1.54) is 0 Å². The summed E-state index contributed by atoms with van der Waals surface area (Å²) in [6, 6.07) is 1.86. The molecular formula is C16H9F9O2. The van der Waals surface area contributed by atoms with Crippen molar-refractivity contribution in [3.8, 4) is 11.5 Å². The molecule has 0 aliphatic rings. The van der Waals surface area contributed by atoms with Crippen LogP contribution in [0.5, 0.6) is 11.5 Å². The summed E-state index contributed by atoms with van der Waals surface area (Å²) in [4.78, 5) is 0. The van der Waals surface area contributed by atoms with Gasteiger partial charge in [-0.2, -0.15) is 39.5 Å². The molecule has 0 radical (unpaired) electrons. The van der Waals surface area contributed by atoms with Crippen molar-refractivity contribution in [1.29, 1.82) is 0 Å². The fourth-order valence-corrected chi connectivity index (χ4v) is 2.49. The van der Waals surface area contributed by atoms with Crippen LogP contribution in [0.25, 0.3) is 0 Å². The highest BCUT2D eigenvalue weighted by molar-refractivity contribution is 5.46. The summed E-state index contributed by atoms with van der Waals surface area (Å²) in [5, 5.41) is 18.5. The van der Waals surface area contributed by atoms with Gasteiger partial charge >= 0.3 is 18.5 Å². The van der Waals surface area contributed by atoms with Gasteiger partial charge in [0, 0.05) is 0 Å². The standard InChI is InChI=1S/C16H9F9O2/c17-14(18,19)9-5-7(1-3-11(9)26)13(16(23,24)25)8-2-4-12(27)10(6-8)15(20,21)22/h1-6,13,26-27H. The molecule has 11 heteroatoms. The second-order valence-electron chi connectivity index (χ2n) is 5.52. The fraction of sp³-hybridized carbons (Fsp3) is 0.250. The van der Waals surface area contributed by atoms with Crippen LogP contribution in [0.15, 0.2) is 36.4 Å². The lowest BCUT2D eigenvalue weighted by Crippen LogP contribution is -2.23. The molecule has 148 valence electrons. The third-order valence-corrected chi connectivity index (χ3v) is 3.65. The minimum absolute atomic E-state index is 0.0214. The Balaban J connectivity index is 2.70. The molecule has 0 spiro atoms. The van der Waals surface area contributed by atoms with Crippen LogP contribution in [-0.2, 0) is 12.4 Å². The quantitative estimate of drug-likeness (QED) is 0.619. The van der Waals surface area contributed by atoms with E-state index in [0.717, 1.165) is 0 Å². The average molecular weight is 404 g/mol. The smallest absolute Gasteiger partial charge is 0.419 e. The van der Waals surface area contributed by atoms with Gasteiger partial charge in [0.15, 0.2) is 0 Å². The highest BCUT2D eigenvalue weighted by atomic mass is 19.4. The van der Waals surface area contributed by atoms with Gasteiger partial charge < -0.3 is 10.2 Å². The Kier molecular flexibility index (Phi) is 5.02. The van der Waals surface area contributed by atoms with E-state index in [-0.39, 0.29) is 12.1 Å². The Morgan fingerprint density at radius 3 is 1.19 bits per heavy atom. The molecule has 0 heterocycles. The molecule has 0 atom stereocenters. The highest BCUT2D eigenvalue weighted by Crippen LogP contribution is 2.46. The van der Waals surface area contributed by atoms with Crippen LogP contribution in [0.2, 0.25) is 0 Å². The number of halogens is 9. The van der Waals surface area contributed by atoms with Gasteiger partial charge in [0.25, 0.3) is 0 Å². The molecule has 0 saturated carbocycles. The SMILES string of the molecule is Oc1ccc(C(c2ccc(O)c(C(F)(F)F)c2)C(F)(F)F)cc1C(F)(F)F. The lowest BCUT2D eigenvalue weighted by Gasteiger charge is -2.23. The van der Waals surface area contributed by atoms with Gasteiger partial charge in [0.05, 0.1) is 11.1 Å². The second kappa shape index (κ2) is 6.54. The van der Waals surface area contributed by atoms with Crippen LogP contribution in [0.1, 0.15) is 28.2 Å². The van der Waals surface area contributed by atoms with E-state index in [2.05, 4.69) is 0 Å². The van der Waals surface area contributed by atoms with Crippen molar-refractivity contribution in [3.63, 3.8) is 0 Å². The zero-order valence-electron chi connectivity index (χ0n) is 12.8. The van der Waals surface area contributed by atoms with E-state index in [4.69, 9.17) is 0 Å². The summed E-state index contributed by atoms with van der Waals surface area (Å²) in [5.41, 5.74) is -5.56. The maximum atomic E-state index is 13.5. The minimum Gasteiger partial charge on any atom is -0.507 e. The molecule has 0 aliphatic carbocycles. The van der Waals surface area contributed by atoms with E-state index in [1.54, 1.807) is 0 Å². The van der Waals surface area contributed by atoms with Crippen LogP contribution in [0, 0.1) is 0 Å². The first kappa shape index (κ1) is 20.7. The first-order valence-electron chi connectivity index (χ1n) is 6.99. The molecule has 0 aliphatic heterocycles. The van der Waals surface area contributed by atoms with Crippen molar-refractivity contribution in [2.45, 2.75) is 24.4 Å². The summed E-state index contributed by atoms with van der Waals surface area (Å²) >= 11 is 0. The molecule has 2 aromatic rings. The van der Waals surface area contributed by atoms with Crippen LogP contribution >= 0.6 is 0 Å². The summed E-state index contributed by atoms with van der Waals surface area (Å²) < 4.78 is 117. The number of aromatic hydroxyl groups is 2. The number of hydrogen-bond donors (Lipinski definition) is 2. The van der Waals surface area contributed by atoms with Crippen LogP contribution in [0.4, 0.5) is 39.5 Å². The van der Waals surface area contributed by atoms with E-state index < -0.39 is 58.2 Å². The molecule has 0 aromatic heterocycles. The van der Waals surface area contributed by atoms with Gasteiger partial charge in [-0.05, 0) is 35.4 Å². The molecule has 2 nitrogen and oxygen atoms in total. The van der Waals surface area contributed by atoms with E-state index >= 15 is 0 Å². The van der Waals surface area contributed by atoms with E-state index in [1.807, 2.05) is 0 Å². The molecule has 0 amide bonds. The fourth-order valence-electron chi connectivity index (χ4n) is 2.49. The van der Waals surface area contributed by atoms with Gasteiger partial charge in [-0.1, -0.05) is 12.1 Å². The van der Waals surface area contributed by atoms with Crippen molar-refractivity contribution >= 4 is 0 Å². The van der Waals surface area contributed by atoms with Gasteiger partial charge in [-0.25, -0.2) is 0 Å². The Labute approximate surface area is 145 Å². The molecule has 0 fully saturated rings. The molecule has 2 aromatic carbocycles. The first-order chi connectivity index (χ1) is 12.1. The van der Waals surface area contributed by atoms with E-state index in [9.17, 15) is 49.7 Å². The maximum Gasteiger partial charge on any atom is 0.419 e. The molecule has 0 unspecified atom stereocenters. The predicted molar refractivity (Wildman–Crippen MR) is 74.1 cm³/mol. The molecule has 0 bridgehead atoms. The van der Waals surface area contributed by atoms with Crippen molar-refractivity contribution < 1.29 is 49.7 Å². The lowest BCUT2D eigenvalue weighted by molar-refractivity contribution is -0.145. The van der Waals surface area contributed by atoms with Crippen LogP contribution in [0.3, 0.4) is 0 Å².